The zero-order chi connectivity index (χ0) is 14.7. The molecule has 2 aromatic rings. The highest BCUT2D eigenvalue weighted by molar-refractivity contribution is 14.1. The van der Waals surface area contributed by atoms with Gasteiger partial charge in [0.05, 0.1) is 9.26 Å². The number of hydrogen-bond donors (Lipinski definition) is 0. The summed E-state index contributed by atoms with van der Waals surface area (Å²) in [5.74, 6) is -0.222. The van der Waals surface area contributed by atoms with Gasteiger partial charge in [-0.2, -0.15) is 5.26 Å². The number of rotatable bonds is 3. The molecular weight excluding hydrogens is 374 g/mol. The van der Waals surface area contributed by atoms with Crippen molar-refractivity contribution >= 4 is 22.6 Å². The third-order valence-electron chi connectivity index (χ3n) is 2.78. The molecule has 0 bridgehead atoms. The first kappa shape index (κ1) is 14.5. The van der Waals surface area contributed by atoms with Crippen molar-refractivity contribution in [2.24, 2.45) is 7.05 Å². The summed E-state index contributed by atoms with van der Waals surface area (Å²) in [7, 11) is 1.60. The normalized spacial score (nSPS) is 10.1. The second kappa shape index (κ2) is 6.05. The van der Waals surface area contributed by atoms with E-state index in [0.29, 0.717) is 14.8 Å². The molecule has 1 aromatic carbocycles. The van der Waals surface area contributed by atoms with Crippen molar-refractivity contribution in [1.82, 2.24) is 4.57 Å². The Hall–Kier alpha value is -1.88. The fourth-order valence-corrected chi connectivity index (χ4v) is 2.33. The van der Waals surface area contributed by atoms with Crippen LogP contribution in [0.15, 0.2) is 35.1 Å². The molecule has 0 unspecified atom stereocenters. The smallest absolute Gasteiger partial charge is 0.264 e. The van der Waals surface area contributed by atoms with Gasteiger partial charge in [-0.3, -0.25) is 4.79 Å². The minimum absolute atomic E-state index is 0.138. The van der Waals surface area contributed by atoms with Crippen LogP contribution in [0.1, 0.15) is 0 Å². The minimum Gasteiger partial charge on any atom is -0.479 e. The van der Waals surface area contributed by atoms with Crippen molar-refractivity contribution in [2.75, 3.05) is 6.61 Å². The first-order valence-corrected chi connectivity index (χ1v) is 6.77. The van der Waals surface area contributed by atoms with Gasteiger partial charge in [0.2, 0.25) is 0 Å². The SMILES string of the molecule is Cn1c(-c2ccc(OCC#N)cc2F)ccc(I)c1=O. The molecule has 0 saturated carbocycles. The second-order valence-electron chi connectivity index (χ2n) is 4.02. The highest BCUT2D eigenvalue weighted by atomic mass is 127. The molecule has 0 N–H and O–H groups in total. The van der Waals surface area contributed by atoms with Gasteiger partial charge in [-0.05, 0) is 46.9 Å². The molecule has 0 fully saturated rings. The monoisotopic (exact) mass is 384 g/mol. The zero-order valence-electron chi connectivity index (χ0n) is 10.6. The van der Waals surface area contributed by atoms with Crippen LogP contribution in [0, 0.1) is 20.7 Å². The van der Waals surface area contributed by atoms with E-state index in [1.165, 1.54) is 16.7 Å². The molecule has 0 aliphatic heterocycles. The van der Waals surface area contributed by atoms with Crippen molar-refractivity contribution in [3.05, 3.63) is 50.1 Å². The van der Waals surface area contributed by atoms with E-state index in [1.54, 1.807) is 25.2 Å². The zero-order valence-corrected chi connectivity index (χ0v) is 12.7. The molecule has 0 aliphatic rings. The van der Waals surface area contributed by atoms with Gasteiger partial charge in [0.25, 0.3) is 5.56 Å². The minimum atomic E-state index is -0.503. The van der Waals surface area contributed by atoms with Crippen LogP contribution in [0.25, 0.3) is 11.3 Å². The van der Waals surface area contributed by atoms with Crippen molar-refractivity contribution < 1.29 is 9.13 Å². The van der Waals surface area contributed by atoms with Crippen LogP contribution in [0.5, 0.6) is 5.75 Å². The number of nitrogens with zero attached hydrogens (tertiary/aromatic N) is 2. The van der Waals surface area contributed by atoms with E-state index in [1.807, 2.05) is 28.7 Å². The molecule has 0 aliphatic carbocycles. The Morgan fingerprint density at radius 1 is 1.40 bits per heavy atom. The molecule has 6 heteroatoms. The van der Waals surface area contributed by atoms with Crippen LogP contribution in [0.3, 0.4) is 0 Å². The first-order valence-electron chi connectivity index (χ1n) is 5.70. The molecule has 0 radical (unpaired) electrons. The quantitative estimate of drug-likeness (QED) is 0.765. The number of benzene rings is 1. The van der Waals surface area contributed by atoms with E-state index in [-0.39, 0.29) is 17.9 Å². The largest absolute Gasteiger partial charge is 0.479 e. The van der Waals surface area contributed by atoms with Crippen LogP contribution in [-0.2, 0) is 7.05 Å². The van der Waals surface area contributed by atoms with Crippen LogP contribution in [0.2, 0.25) is 0 Å². The predicted molar refractivity (Wildman–Crippen MR) is 80.9 cm³/mol. The molecule has 1 heterocycles. The number of aromatic nitrogens is 1. The maximum atomic E-state index is 14.1. The fourth-order valence-electron chi connectivity index (χ4n) is 1.78. The molecule has 102 valence electrons. The molecule has 2 rings (SSSR count). The van der Waals surface area contributed by atoms with Crippen molar-refractivity contribution in [3.63, 3.8) is 0 Å². The number of ether oxygens (including phenoxy) is 1. The molecule has 0 saturated heterocycles. The van der Waals surface area contributed by atoms with Crippen LogP contribution < -0.4 is 10.3 Å². The molecule has 0 spiro atoms. The number of nitriles is 1. The highest BCUT2D eigenvalue weighted by Gasteiger charge is 2.11. The van der Waals surface area contributed by atoms with Crippen molar-refractivity contribution in [1.29, 1.82) is 5.26 Å². The summed E-state index contributed by atoms with van der Waals surface area (Å²) < 4.78 is 21.1. The van der Waals surface area contributed by atoms with Gasteiger partial charge in [-0.25, -0.2) is 4.39 Å². The Bertz CT molecular complexity index is 750. The van der Waals surface area contributed by atoms with Gasteiger partial charge in [0.1, 0.15) is 17.6 Å². The summed E-state index contributed by atoms with van der Waals surface area (Å²) in [5.41, 5.74) is 0.623. The maximum Gasteiger partial charge on any atom is 0.264 e. The summed E-state index contributed by atoms with van der Waals surface area (Å²) >= 11 is 1.94. The standard InChI is InChI=1S/C14H10FIN2O2/c1-18-13(5-4-12(16)14(18)19)10-3-2-9(8-11(10)15)20-7-6-17/h2-5,8H,7H2,1H3. The summed E-state index contributed by atoms with van der Waals surface area (Å²) in [6, 6.07) is 9.46. The summed E-state index contributed by atoms with van der Waals surface area (Å²) in [4.78, 5) is 11.9. The molecular formula is C14H10FIN2O2. The number of pyridine rings is 1. The Labute approximate surface area is 128 Å². The molecule has 0 amide bonds. The van der Waals surface area contributed by atoms with Gasteiger partial charge < -0.3 is 9.30 Å². The van der Waals surface area contributed by atoms with Gasteiger partial charge in [0.15, 0.2) is 6.61 Å². The van der Waals surface area contributed by atoms with Crippen LogP contribution in [-0.4, -0.2) is 11.2 Å². The van der Waals surface area contributed by atoms with Crippen LogP contribution >= 0.6 is 22.6 Å². The van der Waals surface area contributed by atoms with Gasteiger partial charge in [0, 0.05) is 18.7 Å². The van der Waals surface area contributed by atoms with E-state index < -0.39 is 5.82 Å². The third kappa shape index (κ3) is 2.82. The molecule has 20 heavy (non-hydrogen) atoms. The average Bonchev–Trinajstić information content (AvgIpc) is 2.44. The van der Waals surface area contributed by atoms with E-state index in [9.17, 15) is 9.18 Å². The van der Waals surface area contributed by atoms with Crippen LogP contribution in [0.4, 0.5) is 4.39 Å². The lowest BCUT2D eigenvalue weighted by atomic mass is 10.1. The first-order chi connectivity index (χ1) is 9.54. The van der Waals surface area contributed by atoms with E-state index in [4.69, 9.17) is 10.00 Å². The lowest BCUT2D eigenvalue weighted by Crippen LogP contribution is -2.20. The second-order valence-corrected chi connectivity index (χ2v) is 5.18. The Morgan fingerprint density at radius 2 is 2.15 bits per heavy atom. The average molecular weight is 384 g/mol. The predicted octanol–water partition coefficient (Wildman–Crippen LogP) is 2.70. The Balaban J connectivity index is 2.47. The Kier molecular flexibility index (Phi) is 4.39. The number of halogens is 2. The highest BCUT2D eigenvalue weighted by Crippen LogP contribution is 2.25. The summed E-state index contributed by atoms with van der Waals surface area (Å²) in [5, 5.41) is 8.41. The van der Waals surface area contributed by atoms with Gasteiger partial charge >= 0.3 is 0 Å². The van der Waals surface area contributed by atoms with E-state index in [0.717, 1.165) is 0 Å². The lowest BCUT2D eigenvalue weighted by molar-refractivity contribution is 0.366. The van der Waals surface area contributed by atoms with Crippen molar-refractivity contribution in [2.45, 2.75) is 0 Å². The molecule has 4 nitrogen and oxygen atoms in total. The van der Waals surface area contributed by atoms with Crippen molar-refractivity contribution in [3.8, 4) is 23.1 Å². The summed E-state index contributed by atoms with van der Waals surface area (Å²) in [6.45, 7) is -0.138. The third-order valence-corrected chi connectivity index (χ3v) is 3.60. The van der Waals surface area contributed by atoms with E-state index >= 15 is 0 Å². The topological polar surface area (TPSA) is 55.0 Å². The summed E-state index contributed by atoms with van der Waals surface area (Å²) in [6.07, 6.45) is 0. The van der Waals surface area contributed by atoms with E-state index in [2.05, 4.69) is 0 Å². The maximum absolute atomic E-state index is 14.1. The number of hydrogen-bond acceptors (Lipinski definition) is 3. The lowest BCUT2D eigenvalue weighted by Gasteiger charge is -2.10. The molecule has 1 aromatic heterocycles. The fraction of sp³-hybridized carbons (Fsp3) is 0.143. The Morgan fingerprint density at radius 3 is 2.80 bits per heavy atom. The van der Waals surface area contributed by atoms with Gasteiger partial charge in [-0.15, -0.1) is 0 Å². The molecule has 0 atom stereocenters. The van der Waals surface area contributed by atoms with Gasteiger partial charge in [-0.1, -0.05) is 0 Å².